The van der Waals surface area contributed by atoms with Crippen LogP contribution in [0.4, 0.5) is 0 Å². The molecule has 0 radical (unpaired) electrons. The lowest BCUT2D eigenvalue weighted by atomic mass is 9.63. The van der Waals surface area contributed by atoms with Crippen LogP contribution >= 0.6 is 0 Å². The Labute approximate surface area is 120 Å². The van der Waals surface area contributed by atoms with Gasteiger partial charge >= 0.3 is 0 Å². The lowest BCUT2D eigenvalue weighted by molar-refractivity contribution is -0.000939. The second kappa shape index (κ2) is 3.75. The van der Waals surface area contributed by atoms with Crippen molar-refractivity contribution in [2.45, 2.75) is 50.0 Å². The van der Waals surface area contributed by atoms with E-state index in [9.17, 15) is 10.2 Å². The molecule has 0 saturated heterocycles. The van der Waals surface area contributed by atoms with Gasteiger partial charge in [0.05, 0.1) is 12.2 Å². The van der Waals surface area contributed by atoms with Crippen LogP contribution in [0.25, 0.3) is 0 Å². The Kier molecular flexibility index (Phi) is 2.36. The molecular weight excluding hydrogens is 248 g/mol. The van der Waals surface area contributed by atoms with E-state index in [4.69, 9.17) is 0 Å². The highest BCUT2D eigenvalue weighted by atomic mass is 16.3. The van der Waals surface area contributed by atoms with Crippen LogP contribution in [0.15, 0.2) is 30.4 Å². The van der Waals surface area contributed by atoms with Crippen LogP contribution in [-0.2, 0) is 0 Å². The fraction of sp³-hybridized carbons (Fsp3) is 0.556. The van der Waals surface area contributed by atoms with Crippen LogP contribution < -0.4 is 0 Å². The number of hydrogen-bond acceptors (Lipinski definition) is 2. The molecule has 0 aromatic heterocycles. The van der Waals surface area contributed by atoms with Crippen LogP contribution in [-0.4, -0.2) is 22.4 Å². The molecule has 3 aliphatic carbocycles. The van der Waals surface area contributed by atoms with E-state index in [1.165, 1.54) is 16.7 Å². The molecule has 0 heterocycles. The van der Waals surface area contributed by atoms with Gasteiger partial charge in [0.25, 0.3) is 0 Å². The Hall–Kier alpha value is -1.12. The molecular formula is C18H22O2. The second-order valence-corrected chi connectivity index (χ2v) is 7.13. The van der Waals surface area contributed by atoms with Gasteiger partial charge in [-0.2, -0.15) is 0 Å². The fourth-order valence-corrected chi connectivity index (χ4v) is 5.47. The van der Waals surface area contributed by atoms with Crippen molar-refractivity contribution in [3.63, 3.8) is 0 Å². The summed E-state index contributed by atoms with van der Waals surface area (Å²) in [7, 11) is 0. The summed E-state index contributed by atoms with van der Waals surface area (Å²) in [5.74, 6) is 0.642. The van der Waals surface area contributed by atoms with Gasteiger partial charge in [0, 0.05) is 5.92 Å². The molecule has 20 heavy (non-hydrogen) atoms. The Bertz CT molecular complexity index is 605. The van der Waals surface area contributed by atoms with Crippen LogP contribution in [0.2, 0.25) is 0 Å². The molecule has 3 aliphatic rings. The number of aryl methyl sites for hydroxylation is 1. The van der Waals surface area contributed by atoms with Gasteiger partial charge < -0.3 is 10.2 Å². The summed E-state index contributed by atoms with van der Waals surface area (Å²) in [5, 5.41) is 20.9. The third kappa shape index (κ3) is 1.27. The molecule has 2 saturated carbocycles. The zero-order chi connectivity index (χ0) is 14.1. The molecule has 1 aromatic rings. The molecule has 2 nitrogen and oxygen atoms in total. The zero-order valence-corrected chi connectivity index (χ0v) is 12.0. The van der Waals surface area contributed by atoms with Crippen molar-refractivity contribution in [1.29, 1.82) is 0 Å². The van der Waals surface area contributed by atoms with Gasteiger partial charge in [-0.25, -0.2) is 0 Å². The van der Waals surface area contributed by atoms with E-state index in [1.807, 2.05) is 0 Å². The molecule has 2 heteroatoms. The molecule has 2 fully saturated rings. The smallest absolute Gasteiger partial charge is 0.0860 e. The Balaban J connectivity index is 1.94. The first-order valence-corrected chi connectivity index (χ1v) is 7.63. The lowest BCUT2D eigenvalue weighted by Crippen LogP contribution is -2.38. The maximum atomic E-state index is 10.8. The minimum absolute atomic E-state index is 0.00722. The highest BCUT2D eigenvalue weighted by molar-refractivity contribution is 5.51. The summed E-state index contributed by atoms with van der Waals surface area (Å²) < 4.78 is 0. The summed E-state index contributed by atoms with van der Waals surface area (Å²) in [6.45, 7) is 6.47. The molecule has 0 aliphatic heterocycles. The lowest BCUT2D eigenvalue weighted by Gasteiger charge is -2.42. The molecule has 2 bridgehead atoms. The molecule has 4 atom stereocenters. The summed E-state index contributed by atoms with van der Waals surface area (Å²) >= 11 is 0. The summed E-state index contributed by atoms with van der Waals surface area (Å²) in [6, 6.07) is 6.51. The molecule has 0 amide bonds. The number of benzene rings is 1. The van der Waals surface area contributed by atoms with E-state index in [1.54, 1.807) is 0 Å². The van der Waals surface area contributed by atoms with Gasteiger partial charge in [-0.05, 0) is 66.2 Å². The summed E-state index contributed by atoms with van der Waals surface area (Å²) in [4.78, 5) is 0. The van der Waals surface area contributed by atoms with Crippen molar-refractivity contribution < 1.29 is 10.2 Å². The van der Waals surface area contributed by atoms with E-state index in [0.717, 1.165) is 31.3 Å². The average molecular weight is 270 g/mol. The quantitative estimate of drug-likeness (QED) is 0.770. The summed E-state index contributed by atoms with van der Waals surface area (Å²) in [6.07, 6.45) is 3.49. The van der Waals surface area contributed by atoms with Crippen LogP contribution in [0.5, 0.6) is 0 Å². The first-order valence-electron chi connectivity index (χ1n) is 7.63. The minimum atomic E-state index is -0.681. The van der Waals surface area contributed by atoms with E-state index in [2.05, 4.69) is 31.7 Å². The highest BCUT2D eigenvalue weighted by Gasteiger charge is 2.63. The Morgan fingerprint density at radius 1 is 1.40 bits per heavy atom. The van der Waals surface area contributed by atoms with E-state index < -0.39 is 5.60 Å². The van der Waals surface area contributed by atoms with E-state index in [-0.39, 0.29) is 17.9 Å². The molecule has 0 unspecified atom stereocenters. The van der Waals surface area contributed by atoms with Crippen molar-refractivity contribution in [1.82, 2.24) is 0 Å². The number of hydrogen-bond donors (Lipinski definition) is 2. The van der Waals surface area contributed by atoms with Crippen molar-refractivity contribution in [2.24, 2.45) is 5.41 Å². The third-order valence-electron chi connectivity index (χ3n) is 6.32. The largest absolute Gasteiger partial charge is 0.396 e. The maximum Gasteiger partial charge on any atom is 0.0860 e. The normalized spacial score (nSPS) is 41.6. The van der Waals surface area contributed by atoms with Gasteiger partial charge in [0.1, 0.15) is 0 Å². The number of aliphatic hydroxyl groups is 2. The molecule has 106 valence electrons. The Morgan fingerprint density at radius 2 is 2.20 bits per heavy atom. The van der Waals surface area contributed by atoms with Crippen molar-refractivity contribution in [2.75, 3.05) is 6.61 Å². The zero-order valence-electron chi connectivity index (χ0n) is 12.0. The van der Waals surface area contributed by atoms with Gasteiger partial charge in [-0.1, -0.05) is 24.8 Å². The topological polar surface area (TPSA) is 40.5 Å². The minimum Gasteiger partial charge on any atom is -0.396 e. The fourth-order valence-electron chi connectivity index (χ4n) is 5.47. The van der Waals surface area contributed by atoms with E-state index in [0.29, 0.717) is 5.92 Å². The highest BCUT2D eigenvalue weighted by Crippen LogP contribution is 2.71. The van der Waals surface area contributed by atoms with E-state index >= 15 is 0 Å². The van der Waals surface area contributed by atoms with Crippen molar-refractivity contribution in [3.05, 3.63) is 47.0 Å². The first kappa shape index (κ1) is 12.6. The van der Waals surface area contributed by atoms with Crippen LogP contribution in [0.3, 0.4) is 0 Å². The number of fused-ring (bicyclic) bond motifs is 3. The standard InChI is InChI=1S/C18H22O2/c1-11-4-3-5-13-14-6-7-18(20)10-17(14,8-12(18)2)15(9-19)16(11)13/h3-5,14-15,19-20H,2,6-10H2,1H3/t14-,15-,17-,18-/m0/s1. The predicted molar refractivity (Wildman–Crippen MR) is 78.7 cm³/mol. The first-order chi connectivity index (χ1) is 9.52. The van der Waals surface area contributed by atoms with Gasteiger partial charge in [0.15, 0.2) is 0 Å². The average Bonchev–Trinajstić information content (AvgIpc) is 2.79. The molecule has 1 aromatic carbocycles. The van der Waals surface area contributed by atoms with Gasteiger partial charge in [-0.15, -0.1) is 0 Å². The third-order valence-corrected chi connectivity index (χ3v) is 6.32. The van der Waals surface area contributed by atoms with Crippen molar-refractivity contribution in [3.8, 4) is 0 Å². The van der Waals surface area contributed by atoms with Gasteiger partial charge in [0.2, 0.25) is 0 Å². The second-order valence-electron chi connectivity index (χ2n) is 7.13. The predicted octanol–water partition coefficient (Wildman–Crippen LogP) is 3.03. The SMILES string of the molecule is C=C1C[C@]23C[C@@]1(O)CC[C@H]2c1cccc(C)c1[C@@H]3CO. The molecule has 1 spiro atoms. The summed E-state index contributed by atoms with van der Waals surface area (Å²) in [5.41, 5.74) is 4.36. The molecule has 4 rings (SSSR count). The Morgan fingerprint density at radius 3 is 2.95 bits per heavy atom. The molecule has 2 N–H and O–H groups in total. The number of aliphatic hydroxyl groups excluding tert-OH is 1. The monoisotopic (exact) mass is 270 g/mol. The van der Waals surface area contributed by atoms with Crippen molar-refractivity contribution >= 4 is 0 Å². The van der Waals surface area contributed by atoms with Crippen LogP contribution in [0.1, 0.15) is 54.2 Å². The number of rotatable bonds is 1. The maximum absolute atomic E-state index is 10.8. The van der Waals surface area contributed by atoms with Gasteiger partial charge in [-0.3, -0.25) is 0 Å². The van der Waals surface area contributed by atoms with Crippen LogP contribution in [0, 0.1) is 12.3 Å².